The number of amides is 2. The van der Waals surface area contributed by atoms with Gasteiger partial charge in [-0.05, 0) is 38.1 Å². The zero-order chi connectivity index (χ0) is 15.0. The van der Waals surface area contributed by atoms with Crippen LogP contribution >= 0.6 is 0 Å². The molecule has 0 aliphatic carbocycles. The zero-order valence-corrected chi connectivity index (χ0v) is 12.0. The number of anilines is 1. The summed E-state index contributed by atoms with van der Waals surface area (Å²) in [6.07, 6.45) is 1.96. The predicted octanol–water partition coefficient (Wildman–Crippen LogP) is 2.18. The minimum absolute atomic E-state index is 0.0994. The van der Waals surface area contributed by atoms with Crippen LogP contribution in [0.15, 0.2) is 36.5 Å². The Morgan fingerprint density at radius 1 is 1.29 bits per heavy atom. The third-order valence-electron chi connectivity index (χ3n) is 3.64. The number of benzene rings is 1. The van der Waals surface area contributed by atoms with Crippen LogP contribution < -0.4 is 5.32 Å². The largest absolute Gasteiger partial charge is 0.373 e. The maximum absolute atomic E-state index is 12.3. The molecule has 21 heavy (non-hydrogen) atoms. The minimum Gasteiger partial charge on any atom is -0.373 e. The van der Waals surface area contributed by atoms with E-state index in [-0.39, 0.29) is 24.3 Å². The maximum Gasteiger partial charge on any atom is 0.252 e. The van der Waals surface area contributed by atoms with E-state index < -0.39 is 6.04 Å². The number of hydrogen-bond donors (Lipinski definition) is 1. The van der Waals surface area contributed by atoms with Crippen LogP contribution in [0.4, 0.5) is 5.69 Å². The van der Waals surface area contributed by atoms with Gasteiger partial charge in [0.15, 0.2) is 0 Å². The number of nitrogens with zero attached hydrogens (tertiary/aromatic N) is 2. The van der Waals surface area contributed by atoms with Gasteiger partial charge in [-0.15, -0.1) is 0 Å². The van der Waals surface area contributed by atoms with E-state index in [2.05, 4.69) is 10.3 Å². The molecule has 2 heterocycles. The molecule has 1 aromatic heterocycles. The molecule has 0 radical (unpaired) electrons. The Hall–Kier alpha value is -2.43. The number of fused-ring (bicyclic) bond motifs is 1. The lowest BCUT2D eigenvalue weighted by Crippen LogP contribution is -2.39. The number of pyridine rings is 1. The Kier molecular flexibility index (Phi) is 3.33. The number of likely N-dealkylation sites (tertiary alicyclic amines) is 1. The molecule has 1 aromatic carbocycles. The summed E-state index contributed by atoms with van der Waals surface area (Å²) in [5.41, 5.74) is 1.73. The molecule has 3 rings (SSSR count). The summed E-state index contributed by atoms with van der Waals surface area (Å²) in [6.45, 7) is 3.69. The van der Waals surface area contributed by atoms with Crippen molar-refractivity contribution in [3.63, 3.8) is 0 Å². The standard InChI is InChI=1S/C16H17N3O2/c1-10(2)19-15(20)9-14(16(19)21)18-12-5-6-13-11(8-12)4-3-7-17-13/h3-8,10,14,18H,9H2,1-2H3. The van der Waals surface area contributed by atoms with Crippen LogP contribution in [-0.4, -0.2) is 33.8 Å². The normalized spacial score (nSPS) is 18.8. The lowest BCUT2D eigenvalue weighted by atomic mass is 10.1. The third kappa shape index (κ3) is 2.46. The fourth-order valence-electron chi connectivity index (χ4n) is 2.67. The molecule has 1 saturated heterocycles. The number of hydrogen-bond acceptors (Lipinski definition) is 4. The summed E-state index contributed by atoms with van der Waals surface area (Å²) in [5, 5.41) is 4.16. The van der Waals surface area contributed by atoms with Crippen molar-refractivity contribution < 1.29 is 9.59 Å². The Morgan fingerprint density at radius 2 is 2.10 bits per heavy atom. The maximum atomic E-state index is 12.3. The molecule has 2 amide bonds. The highest BCUT2D eigenvalue weighted by Crippen LogP contribution is 2.22. The topological polar surface area (TPSA) is 62.3 Å². The molecule has 0 saturated carbocycles. The van der Waals surface area contributed by atoms with Crippen molar-refractivity contribution in [3.05, 3.63) is 36.5 Å². The molecule has 1 unspecified atom stereocenters. The summed E-state index contributed by atoms with van der Waals surface area (Å²) >= 11 is 0. The second-order valence-electron chi connectivity index (χ2n) is 5.51. The molecular weight excluding hydrogens is 266 g/mol. The Morgan fingerprint density at radius 3 is 2.81 bits per heavy atom. The van der Waals surface area contributed by atoms with Crippen molar-refractivity contribution in [2.24, 2.45) is 0 Å². The number of rotatable bonds is 3. The first-order chi connectivity index (χ1) is 10.1. The number of carbonyl (C=O) groups is 2. The van der Waals surface area contributed by atoms with Crippen LogP contribution in [0.2, 0.25) is 0 Å². The lowest BCUT2D eigenvalue weighted by Gasteiger charge is -2.19. The van der Waals surface area contributed by atoms with Crippen molar-refractivity contribution in [1.29, 1.82) is 0 Å². The van der Waals surface area contributed by atoms with Gasteiger partial charge in [0.1, 0.15) is 6.04 Å². The Balaban J connectivity index is 1.82. The van der Waals surface area contributed by atoms with Gasteiger partial charge in [0, 0.05) is 23.3 Å². The predicted molar refractivity (Wildman–Crippen MR) is 80.8 cm³/mol. The summed E-state index contributed by atoms with van der Waals surface area (Å²) in [6, 6.07) is 8.99. The summed E-state index contributed by atoms with van der Waals surface area (Å²) in [5.74, 6) is -0.267. The average molecular weight is 283 g/mol. The number of nitrogens with one attached hydrogen (secondary N) is 1. The van der Waals surface area contributed by atoms with Crippen molar-refractivity contribution in [1.82, 2.24) is 9.88 Å². The van der Waals surface area contributed by atoms with E-state index in [1.165, 1.54) is 4.90 Å². The molecule has 5 heteroatoms. The van der Waals surface area contributed by atoms with E-state index in [4.69, 9.17) is 0 Å². The quantitative estimate of drug-likeness (QED) is 0.877. The smallest absolute Gasteiger partial charge is 0.252 e. The molecule has 0 spiro atoms. The Labute approximate surface area is 123 Å². The van der Waals surface area contributed by atoms with E-state index in [1.54, 1.807) is 6.20 Å². The number of imide groups is 1. The molecule has 1 aliphatic heterocycles. The first-order valence-electron chi connectivity index (χ1n) is 7.03. The molecule has 1 N–H and O–H groups in total. The van der Waals surface area contributed by atoms with Gasteiger partial charge in [-0.3, -0.25) is 19.5 Å². The van der Waals surface area contributed by atoms with Gasteiger partial charge in [0.2, 0.25) is 5.91 Å². The molecule has 5 nitrogen and oxygen atoms in total. The van der Waals surface area contributed by atoms with Crippen LogP contribution in [0.25, 0.3) is 10.9 Å². The van der Waals surface area contributed by atoms with E-state index >= 15 is 0 Å². The average Bonchev–Trinajstić information content (AvgIpc) is 2.73. The fraction of sp³-hybridized carbons (Fsp3) is 0.312. The van der Waals surface area contributed by atoms with Crippen molar-refractivity contribution in [2.75, 3.05) is 5.32 Å². The van der Waals surface area contributed by atoms with Gasteiger partial charge in [-0.25, -0.2) is 0 Å². The van der Waals surface area contributed by atoms with E-state index in [1.807, 2.05) is 44.2 Å². The summed E-state index contributed by atoms with van der Waals surface area (Å²) < 4.78 is 0. The van der Waals surface area contributed by atoms with Gasteiger partial charge in [0.25, 0.3) is 5.91 Å². The van der Waals surface area contributed by atoms with Crippen molar-refractivity contribution in [3.8, 4) is 0 Å². The van der Waals surface area contributed by atoms with Crippen molar-refractivity contribution in [2.45, 2.75) is 32.4 Å². The van der Waals surface area contributed by atoms with Crippen LogP contribution in [0.5, 0.6) is 0 Å². The first kappa shape index (κ1) is 13.5. The van der Waals surface area contributed by atoms with Gasteiger partial charge in [-0.2, -0.15) is 0 Å². The molecule has 0 bridgehead atoms. The highest BCUT2D eigenvalue weighted by Gasteiger charge is 2.39. The van der Waals surface area contributed by atoms with Crippen LogP contribution in [0, 0.1) is 0 Å². The molecule has 1 fully saturated rings. The fourth-order valence-corrected chi connectivity index (χ4v) is 2.67. The van der Waals surface area contributed by atoms with E-state index in [0.29, 0.717) is 0 Å². The van der Waals surface area contributed by atoms with Crippen LogP contribution in [0.1, 0.15) is 20.3 Å². The van der Waals surface area contributed by atoms with Crippen LogP contribution in [0.3, 0.4) is 0 Å². The van der Waals surface area contributed by atoms with Crippen molar-refractivity contribution >= 4 is 28.4 Å². The van der Waals surface area contributed by atoms with Gasteiger partial charge >= 0.3 is 0 Å². The zero-order valence-electron chi connectivity index (χ0n) is 12.0. The first-order valence-corrected chi connectivity index (χ1v) is 7.03. The SMILES string of the molecule is CC(C)N1C(=O)CC(Nc2ccc3ncccc3c2)C1=O. The molecule has 2 aromatic rings. The van der Waals surface area contributed by atoms with Gasteiger partial charge in [-0.1, -0.05) is 6.07 Å². The van der Waals surface area contributed by atoms with Gasteiger partial charge < -0.3 is 5.32 Å². The highest BCUT2D eigenvalue weighted by atomic mass is 16.2. The monoisotopic (exact) mass is 283 g/mol. The summed E-state index contributed by atoms with van der Waals surface area (Å²) in [4.78, 5) is 29.7. The summed E-state index contributed by atoms with van der Waals surface area (Å²) in [7, 11) is 0. The lowest BCUT2D eigenvalue weighted by molar-refractivity contribution is -0.140. The number of aromatic nitrogens is 1. The third-order valence-corrected chi connectivity index (χ3v) is 3.64. The number of carbonyl (C=O) groups excluding carboxylic acids is 2. The highest BCUT2D eigenvalue weighted by molar-refractivity contribution is 6.07. The van der Waals surface area contributed by atoms with Crippen LogP contribution in [-0.2, 0) is 9.59 Å². The van der Waals surface area contributed by atoms with E-state index in [9.17, 15) is 9.59 Å². The second kappa shape index (κ2) is 5.16. The minimum atomic E-state index is -0.478. The molecule has 1 aliphatic rings. The Bertz CT molecular complexity index is 711. The molecule has 1 atom stereocenters. The van der Waals surface area contributed by atoms with Gasteiger partial charge in [0.05, 0.1) is 11.9 Å². The second-order valence-corrected chi connectivity index (χ2v) is 5.51. The van der Waals surface area contributed by atoms with E-state index in [0.717, 1.165) is 16.6 Å². The molecule has 108 valence electrons. The molecular formula is C16H17N3O2.